The van der Waals surface area contributed by atoms with Crippen LogP contribution >= 0.6 is 0 Å². The van der Waals surface area contributed by atoms with Gasteiger partial charge in [-0.3, -0.25) is 9.69 Å². The highest BCUT2D eigenvalue weighted by Crippen LogP contribution is 2.21. The number of carbonyl (C=O) groups excluding carboxylic acids is 1. The molecule has 0 unspecified atom stereocenters. The number of nitrogens with zero attached hydrogens (tertiary/aromatic N) is 3. The summed E-state index contributed by atoms with van der Waals surface area (Å²) >= 11 is 0. The zero-order chi connectivity index (χ0) is 17.6. The summed E-state index contributed by atoms with van der Waals surface area (Å²) in [5.41, 5.74) is 1.77. The fraction of sp³-hybridized carbons (Fsp3) is 0.500. The van der Waals surface area contributed by atoms with E-state index < -0.39 is 9.84 Å². The van der Waals surface area contributed by atoms with Crippen molar-refractivity contribution in [3.05, 3.63) is 36.0 Å². The molecular weight excluding hydrogens is 338 g/mol. The van der Waals surface area contributed by atoms with E-state index in [1.165, 1.54) is 0 Å². The van der Waals surface area contributed by atoms with Crippen LogP contribution in [0.25, 0.3) is 10.9 Å². The molecule has 4 rings (SSSR count). The van der Waals surface area contributed by atoms with Crippen LogP contribution < -0.4 is 0 Å². The van der Waals surface area contributed by atoms with E-state index in [0.717, 1.165) is 30.4 Å². The predicted octanol–water partition coefficient (Wildman–Crippen LogP) is 1.12. The first-order valence-corrected chi connectivity index (χ1v) is 10.5. The topological polar surface area (TPSA) is 62.6 Å². The van der Waals surface area contributed by atoms with Crippen LogP contribution in [0.1, 0.15) is 16.8 Å². The SMILES string of the molecule is Cn1ccc2ccc(C(=O)N3CCN([C@@H]4CCS(=O)(=O)C4)CC3)cc21. The average molecular weight is 361 g/mol. The summed E-state index contributed by atoms with van der Waals surface area (Å²) in [5, 5.41) is 1.13. The Morgan fingerprint density at radius 2 is 1.88 bits per heavy atom. The Morgan fingerprint density at radius 3 is 2.56 bits per heavy atom. The number of piperazine rings is 1. The third-order valence-electron chi connectivity index (χ3n) is 5.46. The van der Waals surface area contributed by atoms with Gasteiger partial charge in [0, 0.05) is 56.5 Å². The highest BCUT2D eigenvalue weighted by Gasteiger charge is 2.34. The number of aryl methyl sites for hydroxylation is 1. The lowest BCUT2D eigenvalue weighted by molar-refractivity contribution is 0.0588. The molecule has 2 aliphatic rings. The van der Waals surface area contributed by atoms with Crippen molar-refractivity contribution in [2.24, 2.45) is 7.05 Å². The standard InChI is InChI=1S/C18H23N3O3S/c1-19-6-4-14-2-3-15(12-17(14)19)18(22)21-9-7-20(8-10-21)16-5-11-25(23,24)13-16/h2-4,6,12,16H,5,7-11,13H2,1H3/t16-/m1/s1. The van der Waals surface area contributed by atoms with Gasteiger partial charge in [-0.25, -0.2) is 8.42 Å². The largest absolute Gasteiger partial charge is 0.351 e. The van der Waals surface area contributed by atoms with E-state index in [4.69, 9.17) is 0 Å². The minimum atomic E-state index is -2.86. The molecule has 1 amide bonds. The second-order valence-electron chi connectivity index (χ2n) is 7.09. The molecule has 0 bridgehead atoms. The maximum Gasteiger partial charge on any atom is 0.254 e. The van der Waals surface area contributed by atoms with Gasteiger partial charge in [-0.05, 0) is 30.0 Å². The highest BCUT2D eigenvalue weighted by atomic mass is 32.2. The molecule has 0 radical (unpaired) electrons. The van der Waals surface area contributed by atoms with Crippen molar-refractivity contribution in [2.45, 2.75) is 12.5 Å². The summed E-state index contributed by atoms with van der Waals surface area (Å²) < 4.78 is 25.3. The summed E-state index contributed by atoms with van der Waals surface area (Å²) in [5.74, 6) is 0.625. The lowest BCUT2D eigenvalue weighted by Gasteiger charge is -2.37. The maximum absolute atomic E-state index is 12.8. The zero-order valence-electron chi connectivity index (χ0n) is 14.4. The monoisotopic (exact) mass is 361 g/mol. The Bertz CT molecular complexity index is 911. The van der Waals surface area contributed by atoms with Crippen molar-refractivity contribution in [3.63, 3.8) is 0 Å². The van der Waals surface area contributed by atoms with Crippen molar-refractivity contribution < 1.29 is 13.2 Å². The molecule has 1 aromatic carbocycles. The van der Waals surface area contributed by atoms with Crippen LogP contribution in [0.5, 0.6) is 0 Å². The van der Waals surface area contributed by atoms with E-state index in [1.54, 1.807) is 0 Å². The molecule has 3 heterocycles. The molecule has 0 aliphatic carbocycles. The summed E-state index contributed by atoms with van der Waals surface area (Å²) in [6, 6.07) is 8.00. The minimum absolute atomic E-state index is 0.0572. The van der Waals surface area contributed by atoms with Gasteiger partial charge in [0.15, 0.2) is 9.84 Å². The Kier molecular flexibility index (Phi) is 4.08. The summed E-state index contributed by atoms with van der Waals surface area (Å²) in [7, 11) is -0.884. The molecule has 6 nitrogen and oxygen atoms in total. The van der Waals surface area contributed by atoms with Crippen LogP contribution in [0.2, 0.25) is 0 Å². The van der Waals surface area contributed by atoms with Crippen molar-refractivity contribution >= 4 is 26.6 Å². The minimum Gasteiger partial charge on any atom is -0.351 e. The fourth-order valence-electron chi connectivity index (χ4n) is 3.93. The molecule has 0 saturated carbocycles. The molecule has 2 fully saturated rings. The van der Waals surface area contributed by atoms with Crippen LogP contribution in [0, 0.1) is 0 Å². The third-order valence-corrected chi connectivity index (χ3v) is 7.21. The van der Waals surface area contributed by atoms with E-state index in [0.29, 0.717) is 24.4 Å². The molecule has 0 spiro atoms. The Labute approximate surface area is 147 Å². The van der Waals surface area contributed by atoms with Crippen molar-refractivity contribution in [1.82, 2.24) is 14.4 Å². The summed E-state index contributed by atoms with van der Waals surface area (Å²) in [6.07, 6.45) is 2.72. The van der Waals surface area contributed by atoms with Gasteiger partial charge in [0.2, 0.25) is 0 Å². The van der Waals surface area contributed by atoms with Crippen LogP contribution in [0.3, 0.4) is 0 Å². The molecule has 1 aromatic heterocycles. The predicted molar refractivity (Wildman–Crippen MR) is 97.5 cm³/mol. The number of rotatable bonds is 2. The average Bonchev–Trinajstić information content (AvgIpc) is 3.16. The number of benzene rings is 1. The molecule has 2 aromatic rings. The molecule has 2 aliphatic heterocycles. The van der Waals surface area contributed by atoms with Crippen LogP contribution in [0.15, 0.2) is 30.5 Å². The lowest BCUT2D eigenvalue weighted by atomic mass is 10.1. The van der Waals surface area contributed by atoms with Crippen molar-refractivity contribution in [2.75, 3.05) is 37.7 Å². The highest BCUT2D eigenvalue weighted by molar-refractivity contribution is 7.91. The number of fused-ring (bicyclic) bond motifs is 1. The van der Waals surface area contributed by atoms with E-state index in [1.807, 2.05) is 47.0 Å². The first-order valence-electron chi connectivity index (χ1n) is 8.72. The van der Waals surface area contributed by atoms with Crippen LogP contribution in [-0.4, -0.2) is 72.4 Å². The van der Waals surface area contributed by atoms with Gasteiger partial charge < -0.3 is 9.47 Å². The molecule has 7 heteroatoms. The Morgan fingerprint density at radius 1 is 1.12 bits per heavy atom. The van der Waals surface area contributed by atoms with Gasteiger partial charge in [0.25, 0.3) is 5.91 Å². The molecule has 2 saturated heterocycles. The van der Waals surface area contributed by atoms with Crippen LogP contribution in [-0.2, 0) is 16.9 Å². The van der Waals surface area contributed by atoms with E-state index in [2.05, 4.69) is 4.90 Å². The fourth-order valence-corrected chi connectivity index (χ4v) is 5.69. The molecular formula is C18H23N3O3S. The Hall–Kier alpha value is -1.86. The quantitative estimate of drug-likeness (QED) is 0.804. The van der Waals surface area contributed by atoms with Gasteiger partial charge in [-0.1, -0.05) is 6.07 Å². The van der Waals surface area contributed by atoms with Crippen molar-refractivity contribution in [1.29, 1.82) is 0 Å². The third kappa shape index (κ3) is 3.18. The first kappa shape index (κ1) is 16.6. The summed E-state index contributed by atoms with van der Waals surface area (Å²) in [4.78, 5) is 16.9. The second-order valence-corrected chi connectivity index (χ2v) is 9.31. The molecule has 25 heavy (non-hydrogen) atoms. The smallest absolute Gasteiger partial charge is 0.254 e. The number of sulfone groups is 1. The first-order chi connectivity index (χ1) is 11.9. The number of carbonyl (C=O) groups is 1. The molecule has 0 N–H and O–H groups in total. The maximum atomic E-state index is 12.8. The molecule has 134 valence electrons. The van der Waals surface area contributed by atoms with E-state index in [9.17, 15) is 13.2 Å². The van der Waals surface area contributed by atoms with Gasteiger partial charge in [-0.15, -0.1) is 0 Å². The van der Waals surface area contributed by atoms with Gasteiger partial charge in [0.1, 0.15) is 0 Å². The van der Waals surface area contributed by atoms with Gasteiger partial charge >= 0.3 is 0 Å². The van der Waals surface area contributed by atoms with Crippen molar-refractivity contribution in [3.8, 4) is 0 Å². The second kappa shape index (κ2) is 6.14. The Balaban J connectivity index is 1.43. The number of hydrogen-bond donors (Lipinski definition) is 0. The van der Waals surface area contributed by atoms with E-state index in [-0.39, 0.29) is 17.7 Å². The van der Waals surface area contributed by atoms with Gasteiger partial charge in [-0.2, -0.15) is 0 Å². The number of aromatic nitrogens is 1. The van der Waals surface area contributed by atoms with Crippen LogP contribution in [0.4, 0.5) is 0 Å². The summed E-state index contributed by atoms with van der Waals surface area (Å²) in [6.45, 7) is 2.80. The van der Waals surface area contributed by atoms with E-state index >= 15 is 0 Å². The normalized spacial score (nSPS) is 24.0. The molecule has 1 atom stereocenters. The lowest BCUT2D eigenvalue weighted by Crippen LogP contribution is -2.52. The van der Waals surface area contributed by atoms with Gasteiger partial charge in [0.05, 0.1) is 11.5 Å². The number of amides is 1. The number of hydrogen-bond acceptors (Lipinski definition) is 4. The zero-order valence-corrected chi connectivity index (χ0v) is 15.2.